The Kier molecular flexibility index (Phi) is 3.39. The normalized spacial score (nSPS) is 11.4. The minimum Gasteiger partial charge on any atom is -0.497 e. The molecule has 20 heavy (non-hydrogen) atoms. The average molecular weight is 284 g/mol. The van der Waals surface area contributed by atoms with Crippen molar-refractivity contribution in [3.63, 3.8) is 0 Å². The Morgan fingerprint density at radius 3 is 2.15 bits per heavy atom. The molecule has 2 aromatic rings. The van der Waals surface area contributed by atoms with E-state index in [2.05, 4.69) is 9.97 Å². The molecule has 0 aliphatic carbocycles. The Hall–Kier alpha value is -2.51. The van der Waals surface area contributed by atoms with E-state index < -0.39 is 17.6 Å². The van der Waals surface area contributed by atoms with Gasteiger partial charge in [-0.3, -0.25) is 0 Å². The number of aromatic nitrogens is 2. The number of hydrogen-bond donors (Lipinski definition) is 2. The van der Waals surface area contributed by atoms with Gasteiger partial charge in [-0.05, 0) is 24.3 Å². The summed E-state index contributed by atoms with van der Waals surface area (Å²) in [5.74, 6) is -0.505. The van der Waals surface area contributed by atoms with E-state index in [9.17, 15) is 13.2 Å². The maximum atomic E-state index is 13.0. The lowest BCUT2D eigenvalue weighted by Crippen LogP contribution is -2.15. The molecule has 0 atom stereocenters. The fourth-order valence-corrected chi connectivity index (χ4v) is 1.73. The van der Waals surface area contributed by atoms with Crippen LogP contribution in [0.15, 0.2) is 24.3 Å². The second kappa shape index (κ2) is 4.87. The molecule has 0 fully saturated rings. The summed E-state index contributed by atoms with van der Waals surface area (Å²) < 4.78 is 44.1. The fraction of sp³-hybridized carbons (Fsp3) is 0.167. The predicted molar refractivity (Wildman–Crippen MR) is 67.8 cm³/mol. The van der Waals surface area contributed by atoms with E-state index in [1.165, 1.54) is 31.4 Å². The summed E-state index contributed by atoms with van der Waals surface area (Å²) in [7, 11) is 1.46. The second-order valence-corrected chi connectivity index (χ2v) is 3.92. The van der Waals surface area contributed by atoms with Crippen molar-refractivity contribution >= 4 is 11.8 Å². The van der Waals surface area contributed by atoms with Gasteiger partial charge in [0, 0.05) is 5.56 Å². The van der Waals surface area contributed by atoms with Crippen molar-refractivity contribution in [2.24, 2.45) is 0 Å². The molecule has 5 nitrogen and oxygen atoms in total. The van der Waals surface area contributed by atoms with Crippen LogP contribution in [-0.2, 0) is 6.18 Å². The van der Waals surface area contributed by atoms with Gasteiger partial charge >= 0.3 is 6.18 Å². The third-order valence-electron chi connectivity index (χ3n) is 2.60. The van der Waals surface area contributed by atoms with Crippen LogP contribution in [0.25, 0.3) is 11.3 Å². The lowest BCUT2D eigenvalue weighted by atomic mass is 10.1. The highest BCUT2D eigenvalue weighted by Crippen LogP contribution is 2.39. The molecule has 1 aromatic heterocycles. The van der Waals surface area contributed by atoms with Crippen molar-refractivity contribution in [1.29, 1.82) is 0 Å². The van der Waals surface area contributed by atoms with Crippen LogP contribution in [0.4, 0.5) is 24.9 Å². The van der Waals surface area contributed by atoms with Crippen molar-refractivity contribution in [3.8, 4) is 17.0 Å². The first-order valence-electron chi connectivity index (χ1n) is 5.47. The molecular formula is C12H11F3N4O. The number of rotatable bonds is 2. The molecule has 0 spiro atoms. The summed E-state index contributed by atoms with van der Waals surface area (Å²) in [5, 5.41) is 0. The third-order valence-corrected chi connectivity index (χ3v) is 2.60. The average Bonchev–Trinajstić information content (AvgIpc) is 2.36. The first-order valence-corrected chi connectivity index (χ1v) is 5.47. The Balaban J connectivity index is 2.65. The lowest BCUT2D eigenvalue weighted by molar-refractivity contribution is -0.136. The highest BCUT2D eigenvalue weighted by molar-refractivity contribution is 5.70. The first-order chi connectivity index (χ1) is 9.32. The van der Waals surface area contributed by atoms with Crippen LogP contribution >= 0.6 is 0 Å². The Labute approximate surface area is 112 Å². The summed E-state index contributed by atoms with van der Waals surface area (Å²) in [5.41, 5.74) is 9.46. The molecule has 0 saturated carbocycles. The van der Waals surface area contributed by atoms with Gasteiger partial charge in [-0.2, -0.15) is 18.2 Å². The molecule has 106 valence electrons. The van der Waals surface area contributed by atoms with Gasteiger partial charge in [0.2, 0.25) is 5.95 Å². The number of hydrogen-bond acceptors (Lipinski definition) is 5. The van der Waals surface area contributed by atoms with Crippen molar-refractivity contribution < 1.29 is 17.9 Å². The molecule has 0 aliphatic heterocycles. The molecule has 2 rings (SSSR count). The van der Waals surface area contributed by atoms with Crippen molar-refractivity contribution in [1.82, 2.24) is 9.97 Å². The predicted octanol–water partition coefficient (Wildman–Crippen LogP) is 2.34. The molecule has 0 saturated heterocycles. The summed E-state index contributed by atoms with van der Waals surface area (Å²) in [6.45, 7) is 0. The van der Waals surface area contributed by atoms with E-state index in [1.54, 1.807) is 0 Å². The summed E-state index contributed by atoms with van der Waals surface area (Å²) in [6, 6.07) is 5.92. The molecule has 4 N–H and O–H groups in total. The molecule has 0 unspecified atom stereocenters. The minimum atomic E-state index is -4.67. The Bertz CT molecular complexity index is 626. The van der Waals surface area contributed by atoms with Gasteiger partial charge in [0.05, 0.1) is 12.8 Å². The van der Waals surface area contributed by atoms with Crippen LogP contribution in [0.2, 0.25) is 0 Å². The van der Waals surface area contributed by atoms with Gasteiger partial charge in [0.1, 0.15) is 17.1 Å². The van der Waals surface area contributed by atoms with E-state index in [0.717, 1.165) is 0 Å². The van der Waals surface area contributed by atoms with Gasteiger partial charge in [-0.15, -0.1) is 0 Å². The van der Waals surface area contributed by atoms with Crippen LogP contribution in [0.5, 0.6) is 5.75 Å². The number of halogens is 3. The smallest absolute Gasteiger partial charge is 0.422 e. The molecule has 0 amide bonds. The SMILES string of the molecule is COc1ccc(-c2nc(N)nc(N)c2C(F)(F)F)cc1. The lowest BCUT2D eigenvalue weighted by Gasteiger charge is -2.14. The standard InChI is InChI=1S/C12H11F3N4O/c1-20-7-4-2-6(3-5-7)9-8(12(13,14)15)10(16)19-11(17)18-9/h2-5H,1H3,(H4,16,17,18,19). The second-order valence-electron chi connectivity index (χ2n) is 3.92. The number of nitrogens with two attached hydrogens (primary N) is 2. The summed E-state index contributed by atoms with van der Waals surface area (Å²) in [4.78, 5) is 7.01. The highest BCUT2D eigenvalue weighted by atomic mass is 19.4. The Morgan fingerprint density at radius 2 is 1.65 bits per heavy atom. The van der Waals surface area contributed by atoms with E-state index >= 15 is 0 Å². The number of anilines is 2. The monoisotopic (exact) mass is 284 g/mol. The Morgan fingerprint density at radius 1 is 1.05 bits per heavy atom. The fourth-order valence-electron chi connectivity index (χ4n) is 1.73. The van der Waals surface area contributed by atoms with Crippen LogP contribution in [0, 0.1) is 0 Å². The molecule has 0 bridgehead atoms. The first kappa shape index (κ1) is 13.9. The highest BCUT2D eigenvalue weighted by Gasteiger charge is 2.38. The zero-order valence-corrected chi connectivity index (χ0v) is 10.4. The van der Waals surface area contributed by atoms with Crippen molar-refractivity contribution in [2.45, 2.75) is 6.18 Å². The quantitative estimate of drug-likeness (QED) is 0.883. The molecule has 8 heteroatoms. The zero-order chi connectivity index (χ0) is 14.9. The number of nitrogens with zero attached hydrogens (tertiary/aromatic N) is 2. The number of nitrogen functional groups attached to an aromatic ring is 2. The van der Waals surface area contributed by atoms with E-state index in [0.29, 0.717) is 5.75 Å². The number of alkyl halides is 3. The zero-order valence-electron chi connectivity index (χ0n) is 10.4. The molecule has 1 heterocycles. The molecule has 1 aromatic carbocycles. The van der Waals surface area contributed by atoms with Crippen LogP contribution in [0.1, 0.15) is 5.56 Å². The summed E-state index contributed by atoms with van der Waals surface area (Å²) >= 11 is 0. The van der Waals surface area contributed by atoms with Gasteiger partial charge in [0.25, 0.3) is 0 Å². The minimum absolute atomic E-state index is 0.221. The maximum Gasteiger partial charge on any atom is 0.422 e. The summed E-state index contributed by atoms with van der Waals surface area (Å²) in [6.07, 6.45) is -4.67. The van der Waals surface area contributed by atoms with E-state index in [1.807, 2.05) is 0 Å². The van der Waals surface area contributed by atoms with Crippen LogP contribution in [0.3, 0.4) is 0 Å². The van der Waals surface area contributed by atoms with E-state index in [4.69, 9.17) is 16.2 Å². The number of benzene rings is 1. The molecular weight excluding hydrogens is 273 g/mol. The third kappa shape index (κ3) is 2.58. The topological polar surface area (TPSA) is 87.0 Å². The van der Waals surface area contributed by atoms with Crippen LogP contribution < -0.4 is 16.2 Å². The van der Waals surface area contributed by atoms with Gasteiger partial charge in [0.15, 0.2) is 0 Å². The number of methoxy groups -OCH3 is 1. The van der Waals surface area contributed by atoms with Crippen molar-refractivity contribution in [2.75, 3.05) is 18.6 Å². The molecule has 0 radical (unpaired) electrons. The van der Waals surface area contributed by atoms with E-state index in [-0.39, 0.29) is 17.2 Å². The van der Waals surface area contributed by atoms with Crippen molar-refractivity contribution in [3.05, 3.63) is 29.8 Å². The number of ether oxygens (including phenoxy) is 1. The molecule has 0 aliphatic rings. The van der Waals surface area contributed by atoms with Crippen LogP contribution in [-0.4, -0.2) is 17.1 Å². The maximum absolute atomic E-state index is 13.0. The van der Waals surface area contributed by atoms with Gasteiger partial charge < -0.3 is 16.2 Å². The largest absolute Gasteiger partial charge is 0.497 e. The van der Waals surface area contributed by atoms with Gasteiger partial charge in [-0.25, -0.2) is 4.98 Å². The van der Waals surface area contributed by atoms with Gasteiger partial charge in [-0.1, -0.05) is 0 Å².